The lowest BCUT2D eigenvalue weighted by atomic mass is 9.80. The van der Waals surface area contributed by atoms with E-state index in [9.17, 15) is 26.3 Å². The number of nitrogens with one attached hydrogen (secondary N) is 1. The minimum absolute atomic E-state index is 0.0663. The number of rotatable bonds is 5. The molecule has 0 amide bonds. The molecule has 3 aromatic rings. The molecule has 1 heterocycles. The Balaban J connectivity index is 1.54. The fraction of sp³-hybridized carbons (Fsp3) is 0.280. The van der Waals surface area contributed by atoms with Gasteiger partial charge in [-0.15, -0.1) is 0 Å². The number of halogens is 6. The molecular formula is C25H21F6NO. The maximum atomic E-state index is 13.1. The summed E-state index contributed by atoms with van der Waals surface area (Å²) in [7, 11) is 0. The first-order chi connectivity index (χ1) is 15.6. The maximum absolute atomic E-state index is 13.1. The average Bonchev–Trinajstić information content (AvgIpc) is 2.78. The third kappa shape index (κ3) is 5.39. The van der Waals surface area contributed by atoms with Crippen LogP contribution >= 0.6 is 0 Å². The van der Waals surface area contributed by atoms with Crippen LogP contribution in [0.25, 0.3) is 0 Å². The maximum Gasteiger partial charge on any atom is 0.416 e. The molecule has 2 atom stereocenters. The van der Waals surface area contributed by atoms with Gasteiger partial charge in [0.15, 0.2) is 0 Å². The zero-order valence-corrected chi connectivity index (χ0v) is 17.4. The van der Waals surface area contributed by atoms with Crippen molar-refractivity contribution in [2.75, 3.05) is 6.61 Å². The molecule has 0 spiro atoms. The van der Waals surface area contributed by atoms with E-state index in [1.165, 1.54) is 0 Å². The first kappa shape index (κ1) is 23.3. The topological polar surface area (TPSA) is 21.3 Å². The lowest BCUT2D eigenvalue weighted by Gasteiger charge is -2.35. The summed E-state index contributed by atoms with van der Waals surface area (Å²) in [5.41, 5.74) is 0.434. The summed E-state index contributed by atoms with van der Waals surface area (Å²) in [6.45, 7) is 0.342. The van der Waals surface area contributed by atoms with Gasteiger partial charge in [-0.2, -0.15) is 26.3 Å². The van der Waals surface area contributed by atoms with Crippen molar-refractivity contribution in [1.82, 2.24) is 5.32 Å². The normalized spacial score (nSPS) is 18.7. The van der Waals surface area contributed by atoms with E-state index in [1.54, 1.807) is 0 Å². The van der Waals surface area contributed by atoms with Crippen molar-refractivity contribution < 1.29 is 31.1 Å². The quantitative estimate of drug-likeness (QED) is 0.432. The molecule has 1 aliphatic rings. The van der Waals surface area contributed by atoms with E-state index >= 15 is 0 Å². The molecule has 0 saturated carbocycles. The first-order valence-corrected chi connectivity index (χ1v) is 10.3. The van der Waals surface area contributed by atoms with Gasteiger partial charge in [-0.05, 0) is 40.5 Å². The smallest absolute Gasteiger partial charge is 0.375 e. The summed E-state index contributed by atoms with van der Waals surface area (Å²) in [4.78, 5) is 0. The van der Waals surface area contributed by atoms with Gasteiger partial charge in [0.05, 0.1) is 24.3 Å². The van der Waals surface area contributed by atoms with Crippen molar-refractivity contribution in [3.63, 3.8) is 0 Å². The minimum atomic E-state index is -4.89. The van der Waals surface area contributed by atoms with Gasteiger partial charge in [-0.1, -0.05) is 54.6 Å². The van der Waals surface area contributed by atoms with Crippen molar-refractivity contribution in [2.24, 2.45) is 0 Å². The second-order valence-electron chi connectivity index (χ2n) is 8.00. The predicted molar refractivity (Wildman–Crippen MR) is 111 cm³/mol. The monoisotopic (exact) mass is 465 g/mol. The molecule has 2 nitrogen and oxygen atoms in total. The summed E-state index contributed by atoms with van der Waals surface area (Å²) in [6, 6.07) is 19.0. The number of alkyl halides is 6. The zero-order valence-electron chi connectivity index (χ0n) is 17.4. The molecule has 3 aromatic carbocycles. The van der Waals surface area contributed by atoms with Gasteiger partial charge >= 0.3 is 12.4 Å². The third-order valence-corrected chi connectivity index (χ3v) is 5.72. The van der Waals surface area contributed by atoms with Gasteiger partial charge in [0, 0.05) is 18.5 Å². The number of hydrogen-bond acceptors (Lipinski definition) is 2. The molecular weight excluding hydrogens is 444 g/mol. The van der Waals surface area contributed by atoms with Crippen LogP contribution in [0.2, 0.25) is 0 Å². The number of benzene rings is 3. The van der Waals surface area contributed by atoms with E-state index in [2.05, 4.69) is 5.32 Å². The van der Waals surface area contributed by atoms with E-state index < -0.39 is 23.5 Å². The van der Waals surface area contributed by atoms with Crippen molar-refractivity contribution in [2.45, 2.75) is 37.5 Å². The highest BCUT2D eigenvalue weighted by Crippen LogP contribution is 2.37. The summed E-state index contributed by atoms with van der Waals surface area (Å²) >= 11 is 0. The van der Waals surface area contributed by atoms with Gasteiger partial charge < -0.3 is 10.1 Å². The molecule has 0 bridgehead atoms. The van der Waals surface area contributed by atoms with E-state index in [0.717, 1.165) is 16.7 Å². The van der Waals surface area contributed by atoms with Gasteiger partial charge in [0.25, 0.3) is 0 Å². The largest absolute Gasteiger partial charge is 0.416 e. The van der Waals surface area contributed by atoms with Crippen LogP contribution in [-0.2, 0) is 30.2 Å². The molecule has 1 N–H and O–H groups in total. The predicted octanol–water partition coefficient (Wildman–Crippen LogP) is 6.54. The van der Waals surface area contributed by atoms with E-state index in [-0.39, 0.29) is 36.8 Å². The summed E-state index contributed by atoms with van der Waals surface area (Å²) < 4.78 is 84.3. The van der Waals surface area contributed by atoms with E-state index in [1.807, 2.05) is 54.6 Å². The Bertz CT molecular complexity index is 1060. The molecule has 2 unspecified atom stereocenters. The summed E-state index contributed by atoms with van der Waals surface area (Å²) in [6.07, 6.45) is -9.77. The fourth-order valence-corrected chi connectivity index (χ4v) is 4.21. The standard InChI is InChI=1S/C25H21F6NO/c26-24(27,28)19-10-16(11-20(12-19)25(29,30)31)14-33-15-22-23(17-6-2-1-3-7-17)21-9-5-4-8-18(21)13-32-22/h1-12,22-23,32H,13-15H2. The van der Waals surface area contributed by atoms with Crippen molar-refractivity contribution in [3.8, 4) is 0 Å². The molecule has 0 radical (unpaired) electrons. The van der Waals surface area contributed by atoms with Crippen LogP contribution in [0.15, 0.2) is 72.8 Å². The molecule has 0 aromatic heterocycles. The molecule has 1 aliphatic heterocycles. The SMILES string of the molecule is FC(F)(F)c1cc(COCC2NCc3ccccc3C2c2ccccc2)cc(C(F)(F)F)c1. The Hall–Kier alpha value is -2.84. The van der Waals surface area contributed by atoms with Crippen molar-refractivity contribution in [1.29, 1.82) is 0 Å². The van der Waals surface area contributed by atoms with Crippen LogP contribution in [0.4, 0.5) is 26.3 Å². The van der Waals surface area contributed by atoms with Gasteiger partial charge in [0.2, 0.25) is 0 Å². The highest BCUT2D eigenvalue weighted by molar-refractivity contribution is 5.41. The summed E-state index contributed by atoms with van der Waals surface area (Å²) in [5.74, 6) is -0.0663. The Morgan fingerprint density at radius 3 is 2.03 bits per heavy atom. The third-order valence-electron chi connectivity index (χ3n) is 5.72. The lowest BCUT2D eigenvalue weighted by Crippen LogP contribution is -2.43. The highest BCUT2D eigenvalue weighted by atomic mass is 19.4. The van der Waals surface area contributed by atoms with E-state index in [4.69, 9.17) is 4.74 Å². The van der Waals surface area contributed by atoms with Crippen LogP contribution in [-0.4, -0.2) is 12.6 Å². The molecule has 0 fully saturated rings. The lowest BCUT2D eigenvalue weighted by molar-refractivity contribution is -0.143. The number of hydrogen-bond donors (Lipinski definition) is 1. The van der Waals surface area contributed by atoms with Crippen LogP contribution in [0.1, 0.15) is 39.3 Å². The van der Waals surface area contributed by atoms with Crippen LogP contribution in [0.5, 0.6) is 0 Å². The van der Waals surface area contributed by atoms with Crippen molar-refractivity contribution >= 4 is 0 Å². The molecule has 0 aliphatic carbocycles. The minimum Gasteiger partial charge on any atom is -0.375 e. The van der Waals surface area contributed by atoms with Crippen LogP contribution in [0, 0.1) is 0 Å². The van der Waals surface area contributed by atoms with Crippen LogP contribution in [0.3, 0.4) is 0 Å². The molecule has 8 heteroatoms. The second-order valence-corrected chi connectivity index (χ2v) is 8.00. The first-order valence-electron chi connectivity index (χ1n) is 10.3. The highest BCUT2D eigenvalue weighted by Gasteiger charge is 2.37. The van der Waals surface area contributed by atoms with Gasteiger partial charge in [-0.25, -0.2) is 0 Å². The average molecular weight is 465 g/mol. The van der Waals surface area contributed by atoms with Crippen molar-refractivity contribution in [3.05, 3.63) is 106 Å². The van der Waals surface area contributed by atoms with Crippen LogP contribution < -0.4 is 5.32 Å². The Kier molecular flexibility index (Phi) is 6.50. The zero-order chi connectivity index (χ0) is 23.6. The van der Waals surface area contributed by atoms with Gasteiger partial charge in [-0.3, -0.25) is 0 Å². The number of ether oxygens (including phenoxy) is 1. The Morgan fingerprint density at radius 2 is 1.39 bits per heavy atom. The molecule has 0 saturated heterocycles. The van der Waals surface area contributed by atoms with E-state index in [0.29, 0.717) is 18.7 Å². The molecule has 174 valence electrons. The fourth-order valence-electron chi connectivity index (χ4n) is 4.21. The van der Waals surface area contributed by atoms with Gasteiger partial charge in [0.1, 0.15) is 0 Å². The summed E-state index contributed by atoms with van der Waals surface area (Å²) in [5, 5.41) is 3.40. The number of fused-ring (bicyclic) bond motifs is 1. The Labute approximate surface area is 187 Å². The Morgan fingerprint density at radius 1 is 0.788 bits per heavy atom. The molecule has 33 heavy (non-hydrogen) atoms. The second kappa shape index (κ2) is 9.19. The molecule has 4 rings (SSSR count).